The van der Waals surface area contributed by atoms with Gasteiger partial charge in [-0.3, -0.25) is 25.2 Å². The van der Waals surface area contributed by atoms with Crippen molar-refractivity contribution in [3.63, 3.8) is 0 Å². The zero-order chi connectivity index (χ0) is 15.7. The van der Waals surface area contributed by atoms with Gasteiger partial charge >= 0.3 is 0 Å². The third-order valence-corrected chi connectivity index (χ3v) is 3.29. The van der Waals surface area contributed by atoms with Crippen LogP contribution in [0.15, 0.2) is 54.7 Å². The van der Waals surface area contributed by atoms with E-state index < -0.39 is 9.85 Å². The number of aromatic nitrogens is 1. The maximum Gasteiger partial charge on any atom is 0.284 e. The number of fused-ring (bicyclic) bond motifs is 1. The summed E-state index contributed by atoms with van der Waals surface area (Å²) in [5.41, 5.74) is 0.535. The summed E-state index contributed by atoms with van der Waals surface area (Å²) in [6.07, 6.45) is 1.59. The third-order valence-electron chi connectivity index (χ3n) is 3.29. The Labute approximate surface area is 124 Å². The monoisotopic (exact) mass is 295 g/mol. The van der Waals surface area contributed by atoms with E-state index in [9.17, 15) is 20.2 Å². The topological polar surface area (TPSA) is 99.2 Å². The summed E-state index contributed by atoms with van der Waals surface area (Å²) >= 11 is 0. The van der Waals surface area contributed by atoms with E-state index in [1.165, 1.54) is 6.07 Å². The first kappa shape index (κ1) is 13.6. The molecule has 0 amide bonds. The van der Waals surface area contributed by atoms with Crippen LogP contribution in [0.4, 0.5) is 11.4 Å². The van der Waals surface area contributed by atoms with Gasteiger partial charge in [0, 0.05) is 17.8 Å². The highest BCUT2D eigenvalue weighted by atomic mass is 16.6. The van der Waals surface area contributed by atoms with Crippen LogP contribution in [-0.2, 0) is 0 Å². The number of nitro groups is 2. The highest BCUT2D eigenvalue weighted by molar-refractivity contribution is 6.03. The molecule has 0 fully saturated rings. The van der Waals surface area contributed by atoms with Crippen molar-refractivity contribution in [1.29, 1.82) is 0 Å². The number of nitrogens with zero attached hydrogens (tertiary/aromatic N) is 3. The molecule has 7 nitrogen and oxygen atoms in total. The Kier molecular flexibility index (Phi) is 3.23. The van der Waals surface area contributed by atoms with E-state index in [0.29, 0.717) is 22.0 Å². The van der Waals surface area contributed by atoms with Crippen molar-refractivity contribution >= 4 is 22.1 Å². The van der Waals surface area contributed by atoms with E-state index in [0.717, 1.165) is 6.07 Å². The standard InChI is InChI=1S/C15H9N3O4/c19-17(20)11-8-10-4-3-5-12(13-6-1-2-7-16-13)15(10)14(9-11)18(21)22/h1-9H. The number of non-ortho nitro benzene ring substituents is 2. The van der Waals surface area contributed by atoms with Crippen LogP contribution in [0.1, 0.15) is 0 Å². The smallest absolute Gasteiger partial charge is 0.258 e. The third kappa shape index (κ3) is 2.24. The molecular weight excluding hydrogens is 286 g/mol. The summed E-state index contributed by atoms with van der Waals surface area (Å²) in [4.78, 5) is 25.2. The van der Waals surface area contributed by atoms with Gasteiger partial charge in [0.15, 0.2) is 0 Å². The second-order valence-electron chi connectivity index (χ2n) is 4.60. The molecule has 0 aliphatic carbocycles. The lowest BCUT2D eigenvalue weighted by molar-refractivity contribution is -0.393. The molecule has 0 bridgehead atoms. The molecule has 0 radical (unpaired) electrons. The molecule has 1 aromatic heterocycles. The molecule has 0 spiro atoms. The van der Waals surface area contributed by atoms with Gasteiger partial charge < -0.3 is 0 Å². The summed E-state index contributed by atoms with van der Waals surface area (Å²) in [5.74, 6) is 0. The van der Waals surface area contributed by atoms with Crippen LogP contribution < -0.4 is 0 Å². The Morgan fingerprint density at radius 3 is 2.36 bits per heavy atom. The quantitative estimate of drug-likeness (QED) is 0.541. The fourth-order valence-electron chi connectivity index (χ4n) is 2.37. The first-order valence-electron chi connectivity index (χ1n) is 6.35. The second kappa shape index (κ2) is 5.21. The van der Waals surface area contributed by atoms with Crippen LogP contribution >= 0.6 is 0 Å². The van der Waals surface area contributed by atoms with Crippen LogP contribution in [0, 0.1) is 20.2 Å². The molecule has 0 unspecified atom stereocenters. The highest BCUT2D eigenvalue weighted by Crippen LogP contribution is 2.37. The highest BCUT2D eigenvalue weighted by Gasteiger charge is 2.22. The molecule has 108 valence electrons. The molecule has 3 rings (SSSR count). The number of hydrogen-bond donors (Lipinski definition) is 0. The van der Waals surface area contributed by atoms with Crippen LogP contribution in [0.5, 0.6) is 0 Å². The maximum atomic E-state index is 11.3. The Balaban J connectivity index is 2.41. The van der Waals surface area contributed by atoms with Crippen LogP contribution in [-0.4, -0.2) is 14.8 Å². The number of nitro benzene ring substituents is 2. The summed E-state index contributed by atoms with van der Waals surface area (Å²) < 4.78 is 0. The first-order valence-corrected chi connectivity index (χ1v) is 6.35. The zero-order valence-corrected chi connectivity index (χ0v) is 11.2. The van der Waals surface area contributed by atoms with Crippen LogP contribution in [0.25, 0.3) is 22.0 Å². The molecule has 7 heteroatoms. The minimum atomic E-state index is -0.639. The molecule has 0 saturated carbocycles. The summed E-state index contributed by atoms with van der Waals surface area (Å²) in [5, 5.41) is 23.1. The first-order chi connectivity index (χ1) is 10.6. The van der Waals surface area contributed by atoms with Gasteiger partial charge in [0.2, 0.25) is 0 Å². The van der Waals surface area contributed by atoms with E-state index in [2.05, 4.69) is 4.98 Å². The van der Waals surface area contributed by atoms with Gasteiger partial charge in [0.25, 0.3) is 11.4 Å². The molecule has 2 aromatic carbocycles. The normalized spacial score (nSPS) is 10.5. The van der Waals surface area contributed by atoms with Crippen molar-refractivity contribution < 1.29 is 9.85 Å². The number of benzene rings is 2. The Morgan fingerprint density at radius 1 is 0.909 bits per heavy atom. The van der Waals surface area contributed by atoms with Crippen molar-refractivity contribution in [2.45, 2.75) is 0 Å². The molecule has 1 heterocycles. The Bertz CT molecular complexity index is 894. The fourth-order valence-corrected chi connectivity index (χ4v) is 2.37. The van der Waals surface area contributed by atoms with Gasteiger partial charge in [-0.15, -0.1) is 0 Å². The van der Waals surface area contributed by atoms with E-state index in [-0.39, 0.29) is 11.4 Å². The average molecular weight is 295 g/mol. The molecule has 0 saturated heterocycles. The zero-order valence-electron chi connectivity index (χ0n) is 11.2. The predicted molar refractivity (Wildman–Crippen MR) is 80.5 cm³/mol. The summed E-state index contributed by atoms with van der Waals surface area (Å²) in [7, 11) is 0. The van der Waals surface area contributed by atoms with Gasteiger partial charge in [-0.2, -0.15) is 0 Å². The fraction of sp³-hybridized carbons (Fsp3) is 0. The van der Waals surface area contributed by atoms with Gasteiger partial charge in [0.05, 0.1) is 27.0 Å². The van der Waals surface area contributed by atoms with Gasteiger partial charge in [-0.25, -0.2) is 0 Å². The van der Waals surface area contributed by atoms with E-state index in [1.807, 2.05) is 0 Å². The van der Waals surface area contributed by atoms with Crippen molar-refractivity contribution in [2.24, 2.45) is 0 Å². The van der Waals surface area contributed by atoms with Crippen molar-refractivity contribution in [3.05, 3.63) is 75.0 Å². The minimum Gasteiger partial charge on any atom is -0.258 e. The Hall–Kier alpha value is -3.35. The molecule has 0 aliphatic heterocycles. The molecule has 0 aliphatic rings. The molecule has 3 aromatic rings. The molecule has 0 atom stereocenters. The van der Waals surface area contributed by atoms with Crippen molar-refractivity contribution in [1.82, 2.24) is 4.98 Å². The van der Waals surface area contributed by atoms with Crippen LogP contribution in [0.3, 0.4) is 0 Å². The molecular formula is C15H9N3O4. The summed E-state index contributed by atoms with van der Waals surface area (Å²) in [6, 6.07) is 12.6. The molecule has 22 heavy (non-hydrogen) atoms. The van der Waals surface area contributed by atoms with Gasteiger partial charge in [-0.1, -0.05) is 24.3 Å². The second-order valence-corrected chi connectivity index (χ2v) is 4.60. The summed E-state index contributed by atoms with van der Waals surface area (Å²) in [6.45, 7) is 0. The van der Waals surface area contributed by atoms with Crippen LogP contribution in [0.2, 0.25) is 0 Å². The SMILES string of the molecule is O=[N+]([O-])c1cc([N+](=O)[O-])c2c(-c3ccccn3)cccc2c1. The largest absolute Gasteiger partial charge is 0.284 e. The lowest BCUT2D eigenvalue weighted by Crippen LogP contribution is -1.96. The lowest BCUT2D eigenvalue weighted by atomic mass is 9.99. The number of pyridine rings is 1. The molecule has 0 N–H and O–H groups in total. The predicted octanol–water partition coefficient (Wildman–Crippen LogP) is 3.72. The average Bonchev–Trinajstić information content (AvgIpc) is 2.53. The van der Waals surface area contributed by atoms with Crippen molar-refractivity contribution in [2.75, 3.05) is 0 Å². The lowest BCUT2D eigenvalue weighted by Gasteiger charge is -2.07. The minimum absolute atomic E-state index is 0.301. The Morgan fingerprint density at radius 2 is 1.73 bits per heavy atom. The van der Waals surface area contributed by atoms with Gasteiger partial charge in [0.1, 0.15) is 0 Å². The van der Waals surface area contributed by atoms with E-state index in [4.69, 9.17) is 0 Å². The number of hydrogen-bond acceptors (Lipinski definition) is 5. The number of rotatable bonds is 3. The van der Waals surface area contributed by atoms with Gasteiger partial charge in [-0.05, 0) is 17.5 Å². The van der Waals surface area contributed by atoms with Crippen molar-refractivity contribution in [3.8, 4) is 11.3 Å². The van der Waals surface area contributed by atoms with E-state index in [1.54, 1.807) is 42.6 Å². The van der Waals surface area contributed by atoms with E-state index >= 15 is 0 Å². The maximum absolute atomic E-state index is 11.3.